The minimum atomic E-state index is -0.165. The van der Waals surface area contributed by atoms with Crippen LogP contribution < -0.4 is 15.5 Å². The van der Waals surface area contributed by atoms with Crippen molar-refractivity contribution in [2.24, 2.45) is 0 Å². The highest BCUT2D eigenvalue weighted by Gasteiger charge is 2.09. The van der Waals surface area contributed by atoms with Gasteiger partial charge in [-0.15, -0.1) is 0 Å². The number of hydrogen-bond acceptors (Lipinski definition) is 6. The maximum Gasteiger partial charge on any atom is 0.254 e. The molecule has 2 rings (SSSR count). The van der Waals surface area contributed by atoms with Gasteiger partial charge in [-0.3, -0.25) is 15.5 Å². The highest BCUT2D eigenvalue weighted by atomic mass is 32.1. The van der Waals surface area contributed by atoms with Crippen LogP contribution in [0, 0.1) is 0 Å². The molecule has 0 fully saturated rings. The van der Waals surface area contributed by atoms with Crippen LogP contribution in [0.3, 0.4) is 0 Å². The number of benzene rings is 1. The van der Waals surface area contributed by atoms with Crippen molar-refractivity contribution in [2.45, 2.75) is 6.42 Å². The number of nitrogens with one attached hydrogen (secondary N) is 2. The van der Waals surface area contributed by atoms with Crippen molar-refractivity contribution in [1.82, 2.24) is 16.0 Å². The molecule has 3 N–H and O–H groups in total. The van der Waals surface area contributed by atoms with Gasteiger partial charge in [0.15, 0.2) is 10.7 Å². The van der Waals surface area contributed by atoms with E-state index in [1.807, 2.05) is 30.3 Å². The average molecular weight is 347 g/mol. The van der Waals surface area contributed by atoms with E-state index in [0.717, 1.165) is 5.56 Å². The molecule has 0 unspecified atom stereocenters. The van der Waals surface area contributed by atoms with Gasteiger partial charge in [0.1, 0.15) is 0 Å². The molecule has 1 aromatic heterocycles. The van der Waals surface area contributed by atoms with Crippen LogP contribution in [0.4, 0.5) is 0 Å². The summed E-state index contributed by atoms with van der Waals surface area (Å²) in [6.45, 7) is 0.827. The van der Waals surface area contributed by atoms with Gasteiger partial charge >= 0.3 is 0 Å². The monoisotopic (exact) mass is 347 g/mol. The molecule has 0 aliphatic carbocycles. The van der Waals surface area contributed by atoms with Crippen LogP contribution in [-0.2, 0) is 4.79 Å². The van der Waals surface area contributed by atoms with Gasteiger partial charge in [-0.25, -0.2) is 0 Å². The van der Waals surface area contributed by atoms with Crippen LogP contribution in [-0.4, -0.2) is 34.4 Å². The van der Waals surface area contributed by atoms with E-state index in [2.05, 4.69) is 10.5 Å². The van der Waals surface area contributed by atoms with Gasteiger partial charge in [0.25, 0.3) is 5.88 Å². The summed E-state index contributed by atoms with van der Waals surface area (Å²) in [4.78, 5) is 11.7. The molecule has 0 aliphatic heterocycles. The predicted molar refractivity (Wildman–Crippen MR) is 91.7 cm³/mol. The Morgan fingerprint density at radius 1 is 1.38 bits per heavy atom. The van der Waals surface area contributed by atoms with Gasteiger partial charge < -0.3 is 14.6 Å². The standard InChI is InChI=1S/C16H17N3O4S/c20-14(8-7-12-5-2-1-3-6-12)17-9-4-10-22-15-11-13(23-19-15)16(24)18-21/h1-3,5-8,11,21H,4,9-10H2,(H,17,20)(H,18,24)/b8-7+. The quantitative estimate of drug-likeness (QED) is 0.290. The minimum Gasteiger partial charge on any atom is -0.475 e. The van der Waals surface area contributed by atoms with Crippen LogP contribution in [0.1, 0.15) is 17.7 Å². The Hall–Kier alpha value is -2.71. The van der Waals surface area contributed by atoms with Gasteiger partial charge in [0.05, 0.1) is 12.7 Å². The van der Waals surface area contributed by atoms with Crippen molar-refractivity contribution in [2.75, 3.05) is 13.2 Å². The molecule has 24 heavy (non-hydrogen) atoms. The Morgan fingerprint density at radius 2 is 2.17 bits per heavy atom. The Kier molecular flexibility index (Phi) is 6.93. The molecule has 1 amide bonds. The molecule has 126 valence electrons. The minimum absolute atomic E-state index is 0.0230. The van der Waals surface area contributed by atoms with E-state index >= 15 is 0 Å². The Morgan fingerprint density at radius 3 is 2.92 bits per heavy atom. The summed E-state index contributed by atoms with van der Waals surface area (Å²) >= 11 is 4.77. The number of amides is 1. The number of nitrogens with zero attached hydrogens (tertiary/aromatic N) is 1. The fraction of sp³-hybridized carbons (Fsp3) is 0.188. The van der Waals surface area contributed by atoms with Gasteiger partial charge in [0.2, 0.25) is 5.91 Å². The summed E-state index contributed by atoms with van der Waals surface area (Å²) in [5.74, 6) is 0.307. The number of aromatic nitrogens is 1. The topological polar surface area (TPSA) is 96.6 Å². The number of carbonyl (C=O) groups excluding carboxylic acids is 1. The van der Waals surface area contributed by atoms with Crippen LogP contribution in [0.15, 0.2) is 47.0 Å². The van der Waals surface area contributed by atoms with Crippen molar-refractivity contribution in [1.29, 1.82) is 0 Å². The lowest BCUT2D eigenvalue weighted by Gasteiger charge is -2.03. The molecular formula is C16H17N3O4S. The van der Waals surface area contributed by atoms with Crippen molar-refractivity contribution >= 4 is 29.2 Å². The molecule has 0 atom stereocenters. The Bertz CT molecular complexity index is 700. The van der Waals surface area contributed by atoms with Crippen molar-refractivity contribution in [3.63, 3.8) is 0 Å². The summed E-state index contributed by atoms with van der Waals surface area (Å²) in [6.07, 6.45) is 3.85. The van der Waals surface area contributed by atoms with Gasteiger partial charge in [-0.05, 0) is 23.2 Å². The van der Waals surface area contributed by atoms with Crippen molar-refractivity contribution in [3.05, 3.63) is 53.8 Å². The second-order valence-corrected chi connectivity index (χ2v) is 5.12. The number of hydrogen-bond donors (Lipinski definition) is 3. The molecule has 0 bridgehead atoms. The van der Waals surface area contributed by atoms with Crippen molar-refractivity contribution < 1.29 is 19.3 Å². The largest absolute Gasteiger partial charge is 0.475 e. The predicted octanol–water partition coefficient (Wildman–Crippen LogP) is 1.93. The molecule has 0 saturated carbocycles. The smallest absolute Gasteiger partial charge is 0.254 e. The normalized spacial score (nSPS) is 10.5. The highest BCUT2D eigenvalue weighted by Crippen LogP contribution is 2.11. The number of hydroxylamine groups is 1. The second kappa shape index (κ2) is 9.43. The van der Waals surface area contributed by atoms with E-state index in [0.29, 0.717) is 19.6 Å². The fourth-order valence-electron chi connectivity index (χ4n) is 1.74. The Labute approximate surface area is 144 Å². The first-order chi connectivity index (χ1) is 11.7. The number of rotatable bonds is 8. The molecule has 0 saturated heterocycles. The zero-order valence-electron chi connectivity index (χ0n) is 12.8. The second-order valence-electron chi connectivity index (χ2n) is 4.71. The fourth-order valence-corrected chi connectivity index (χ4v) is 1.84. The molecule has 1 aromatic carbocycles. The SMILES string of the molecule is O=C(/C=C/c1ccccc1)NCCCOc1cc(C(=S)NO)on1. The number of carbonyl (C=O) groups is 1. The molecule has 0 aliphatic rings. The Balaban J connectivity index is 1.62. The number of ether oxygens (including phenoxy) is 1. The molecule has 2 aromatic rings. The summed E-state index contributed by atoms with van der Waals surface area (Å²) in [6, 6.07) is 11.0. The van der Waals surface area contributed by atoms with Gasteiger partial charge in [-0.1, -0.05) is 42.5 Å². The highest BCUT2D eigenvalue weighted by molar-refractivity contribution is 7.80. The summed E-state index contributed by atoms with van der Waals surface area (Å²) in [5.41, 5.74) is 2.76. The molecule has 7 nitrogen and oxygen atoms in total. The summed E-state index contributed by atoms with van der Waals surface area (Å²) < 4.78 is 10.2. The molecule has 0 radical (unpaired) electrons. The molecule has 1 heterocycles. The van der Waals surface area contributed by atoms with Crippen LogP contribution in [0.5, 0.6) is 5.88 Å². The lowest BCUT2D eigenvalue weighted by molar-refractivity contribution is -0.116. The first kappa shape index (κ1) is 17.6. The van der Waals surface area contributed by atoms with Crippen LogP contribution in [0.2, 0.25) is 0 Å². The van der Waals surface area contributed by atoms with Crippen LogP contribution >= 0.6 is 12.2 Å². The van der Waals surface area contributed by atoms with E-state index in [1.165, 1.54) is 12.1 Å². The third-order valence-corrected chi connectivity index (χ3v) is 3.20. The van der Waals surface area contributed by atoms with E-state index in [9.17, 15) is 4.79 Å². The zero-order valence-corrected chi connectivity index (χ0v) is 13.6. The summed E-state index contributed by atoms with van der Waals surface area (Å²) in [5, 5.41) is 15.1. The average Bonchev–Trinajstić information content (AvgIpc) is 3.09. The van der Waals surface area contributed by atoms with Gasteiger partial charge in [0, 0.05) is 12.6 Å². The van der Waals surface area contributed by atoms with E-state index in [1.54, 1.807) is 11.6 Å². The summed E-state index contributed by atoms with van der Waals surface area (Å²) in [7, 11) is 0. The van der Waals surface area contributed by atoms with Crippen LogP contribution in [0.25, 0.3) is 6.08 Å². The van der Waals surface area contributed by atoms with Crippen molar-refractivity contribution in [3.8, 4) is 5.88 Å². The van der Waals surface area contributed by atoms with E-state index in [-0.39, 0.29) is 22.5 Å². The third kappa shape index (κ3) is 5.82. The third-order valence-electron chi connectivity index (χ3n) is 2.91. The first-order valence-corrected chi connectivity index (χ1v) is 7.65. The number of thiocarbonyl (C=S) groups is 1. The first-order valence-electron chi connectivity index (χ1n) is 7.24. The lowest BCUT2D eigenvalue weighted by atomic mass is 10.2. The van der Waals surface area contributed by atoms with Gasteiger partial charge in [-0.2, -0.15) is 0 Å². The lowest BCUT2D eigenvalue weighted by Crippen LogP contribution is -2.23. The maximum absolute atomic E-state index is 11.6. The van der Waals surface area contributed by atoms with E-state index in [4.69, 9.17) is 26.7 Å². The zero-order chi connectivity index (χ0) is 17.2. The molecule has 8 heteroatoms. The molecule has 0 spiro atoms. The maximum atomic E-state index is 11.6. The molecular weight excluding hydrogens is 330 g/mol. The van der Waals surface area contributed by atoms with E-state index < -0.39 is 0 Å².